The van der Waals surface area contributed by atoms with Gasteiger partial charge >= 0.3 is 0 Å². The lowest BCUT2D eigenvalue weighted by molar-refractivity contribution is 0.243. The SMILES string of the molecule is CN1CN(C2CCCS2)C(S)N1. The molecule has 0 aliphatic carbocycles. The van der Waals surface area contributed by atoms with Crippen molar-refractivity contribution in [3.8, 4) is 0 Å². The molecule has 2 rings (SSSR count). The number of thioether (sulfide) groups is 1. The van der Waals surface area contributed by atoms with E-state index >= 15 is 0 Å². The van der Waals surface area contributed by atoms with Crippen LogP contribution in [0.15, 0.2) is 0 Å². The maximum atomic E-state index is 4.48. The molecule has 3 nitrogen and oxygen atoms in total. The van der Waals surface area contributed by atoms with Crippen molar-refractivity contribution in [2.75, 3.05) is 19.5 Å². The smallest absolute Gasteiger partial charge is 0.120 e. The van der Waals surface area contributed by atoms with E-state index in [9.17, 15) is 0 Å². The van der Waals surface area contributed by atoms with E-state index in [0.29, 0.717) is 5.37 Å². The van der Waals surface area contributed by atoms with E-state index in [1.165, 1.54) is 18.6 Å². The zero-order valence-electron chi connectivity index (χ0n) is 7.23. The molecule has 0 aromatic carbocycles. The van der Waals surface area contributed by atoms with Crippen LogP contribution in [-0.4, -0.2) is 40.2 Å². The number of hydrogen-bond donors (Lipinski definition) is 2. The summed E-state index contributed by atoms with van der Waals surface area (Å²) in [4.78, 5) is 2.40. The second-order valence-corrected chi connectivity index (χ2v) is 5.10. The van der Waals surface area contributed by atoms with Gasteiger partial charge in [0.15, 0.2) is 0 Å². The second-order valence-electron chi connectivity index (χ2n) is 3.32. The van der Waals surface area contributed by atoms with Gasteiger partial charge in [0.1, 0.15) is 5.50 Å². The van der Waals surface area contributed by atoms with Crippen molar-refractivity contribution >= 4 is 24.4 Å². The molecule has 0 spiro atoms. The fourth-order valence-corrected chi connectivity index (χ4v) is 3.55. The first-order valence-electron chi connectivity index (χ1n) is 4.30. The van der Waals surface area contributed by atoms with Gasteiger partial charge in [-0.15, -0.1) is 24.4 Å². The molecule has 0 amide bonds. The van der Waals surface area contributed by atoms with Crippen molar-refractivity contribution in [3.05, 3.63) is 0 Å². The predicted octanol–water partition coefficient (Wildman–Crippen LogP) is 0.762. The second kappa shape index (κ2) is 3.75. The van der Waals surface area contributed by atoms with Crippen LogP contribution in [-0.2, 0) is 0 Å². The first kappa shape index (κ1) is 9.15. The molecular formula is C7H15N3S2. The highest BCUT2D eigenvalue weighted by molar-refractivity contribution is 8.00. The summed E-state index contributed by atoms with van der Waals surface area (Å²) >= 11 is 6.54. The fourth-order valence-electron chi connectivity index (χ4n) is 1.71. The van der Waals surface area contributed by atoms with Crippen molar-refractivity contribution in [2.45, 2.75) is 23.7 Å². The van der Waals surface area contributed by atoms with Crippen molar-refractivity contribution in [2.24, 2.45) is 0 Å². The average molecular weight is 205 g/mol. The van der Waals surface area contributed by atoms with Gasteiger partial charge in [-0.3, -0.25) is 4.90 Å². The van der Waals surface area contributed by atoms with Crippen LogP contribution in [0, 0.1) is 0 Å². The molecular weight excluding hydrogens is 190 g/mol. The molecule has 0 radical (unpaired) electrons. The van der Waals surface area contributed by atoms with E-state index in [1.807, 2.05) is 0 Å². The monoisotopic (exact) mass is 205 g/mol. The Bertz CT molecular complexity index is 161. The van der Waals surface area contributed by atoms with Crippen LogP contribution in [0.1, 0.15) is 12.8 Å². The topological polar surface area (TPSA) is 18.5 Å². The molecule has 2 unspecified atom stereocenters. The first-order chi connectivity index (χ1) is 5.77. The van der Waals surface area contributed by atoms with Crippen LogP contribution in [0.2, 0.25) is 0 Å². The van der Waals surface area contributed by atoms with Gasteiger partial charge in [0.05, 0.1) is 12.0 Å². The molecule has 2 heterocycles. The van der Waals surface area contributed by atoms with Gasteiger partial charge in [0.2, 0.25) is 0 Å². The highest BCUT2D eigenvalue weighted by atomic mass is 32.2. The van der Waals surface area contributed by atoms with Gasteiger partial charge in [-0.05, 0) is 18.6 Å². The number of nitrogens with one attached hydrogen (secondary N) is 1. The third-order valence-corrected chi connectivity index (χ3v) is 4.13. The molecule has 0 aromatic rings. The Hall–Kier alpha value is 0.580. The van der Waals surface area contributed by atoms with E-state index in [1.54, 1.807) is 0 Å². The van der Waals surface area contributed by atoms with Crippen LogP contribution in [0.25, 0.3) is 0 Å². The first-order valence-corrected chi connectivity index (χ1v) is 5.86. The molecule has 2 aliphatic heterocycles. The number of rotatable bonds is 1. The Labute approximate surface area is 83.2 Å². The van der Waals surface area contributed by atoms with Gasteiger partial charge in [-0.25, -0.2) is 10.4 Å². The van der Waals surface area contributed by atoms with E-state index in [2.05, 4.69) is 46.8 Å². The Morgan fingerprint density at radius 1 is 1.58 bits per heavy atom. The van der Waals surface area contributed by atoms with Crippen LogP contribution in [0.5, 0.6) is 0 Å². The third kappa shape index (κ3) is 1.75. The highest BCUT2D eigenvalue weighted by Crippen LogP contribution is 2.32. The van der Waals surface area contributed by atoms with Gasteiger partial charge in [-0.1, -0.05) is 0 Å². The molecule has 2 atom stereocenters. The van der Waals surface area contributed by atoms with E-state index in [0.717, 1.165) is 6.67 Å². The lowest BCUT2D eigenvalue weighted by Crippen LogP contribution is -2.36. The number of thiol groups is 1. The van der Waals surface area contributed by atoms with Gasteiger partial charge in [0.25, 0.3) is 0 Å². The summed E-state index contributed by atoms with van der Waals surface area (Å²) in [7, 11) is 2.06. The molecule has 2 saturated heterocycles. The standard InChI is InChI=1S/C7H15N3S2/c1-9-5-10(7(11)8-9)6-3-2-4-12-6/h6-8,11H,2-5H2,1H3. The van der Waals surface area contributed by atoms with Crippen LogP contribution in [0.4, 0.5) is 0 Å². The van der Waals surface area contributed by atoms with E-state index < -0.39 is 0 Å². The molecule has 5 heteroatoms. The summed E-state index contributed by atoms with van der Waals surface area (Å²) in [6, 6.07) is 0. The van der Waals surface area contributed by atoms with Crippen LogP contribution >= 0.6 is 24.4 Å². The molecule has 2 fully saturated rings. The zero-order valence-corrected chi connectivity index (χ0v) is 8.94. The lowest BCUT2D eigenvalue weighted by Gasteiger charge is -2.24. The Kier molecular flexibility index (Phi) is 2.86. The minimum absolute atomic E-state index is 0.214. The predicted molar refractivity (Wildman–Crippen MR) is 55.9 cm³/mol. The number of hydrogen-bond acceptors (Lipinski definition) is 5. The summed E-state index contributed by atoms with van der Waals surface area (Å²) in [5.74, 6) is 1.31. The molecule has 0 aromatic heterocycles. The summed E-state index contributed by atoms with van der Waals surface area (Å²) in [6.45, 7) is 0.992. The Morgan fingerprint density at radius 3 is 2.92 bits per heavy atom. The largest absolute Gasteiger partial charge is 0.252 e. The molecule has 0 bridgehead atoms. The average Bonchev–Trinajstić information content (AvgIpc) is 2.58. The molecule has 70 valence electrons. The summed E-state index contributed by atoms with van der Waals surface area (Å²) in [5.41, 5.74) is 3.47. The maximum absolute atomic E-state index is 4.48. The quantitative estimate of drug-likeness (QED) is 0.616. The van der Waals surface area contributed by atoms with Crippen LogP contribution in [0.3, 0.4) is 0 Å². The Balaban J connectivity index is 1.94. The van der Waals surface area contributed by atoms with Gasteiger partial charge in [0, 0.05) is 7.05 Å². The highest BCUT2D eigenvalue weighted by Gasteiger charge is 2.32. The number of nitrogens with zero attached hydrogens (tertiary/aromatic N) is 2. The maximum Gasteiger partial charge on any atom is 0.120 e. The summed E-state index contributed by atoms with van der Waals surface area (Å²) < 4.78 is 0. The van der Waals surface area contributed by atoms with Crippen molar-refractivity contribution in [1.82, 2.24) is 15.3 Å². The number of hydrazine groups is 1. The van der Waals surface area contributed by atoms with Crippen molar-refractivity contribution < 1.29 is 0 Å². The zero-order chi connectivity index (χ0) is 8.55. The van der Waals surface area contributed by atoms with Crippen molar-refractivity contribution in [1.29, 1.82) is 0 Å². The van der Waals surface area contributed by atoms with E-state index in [4.69, 9.17) is 0 Å². The van der Waals surface area contributed by atoms with Crippen molar-refractivity contribution in [3.63, 3.8) is 0 Å². The van der Waals surface area contributed by atoms with Gasteiger partial charge in [-0.2, -0.15) is 0 Å². The molecule has 2 aliphatic rings. The molecule has 1 N–H and O–H groups in total. The Morgan fingerprint density at radius 2 is 2.42 bits per heavy atom. The fraction of sp³-hybridized carbons (Fsp3) is 1.00. The normalized spacial score (nSPS) is 39.5. The molecule has 0 saturated carbocycles. The van der Waals surface area contributed by atoms with Crippen LogP contribution < -0.4 is 5.43 Å². The summed E-state index contributed by atoms with van der Waals surface area (Å²) in [6.07, 6.45) is 2.67. The summed E-state index contributed by atoms with van der Waals surface area (Å²) in [5, 5.41) is 2.78. The van der Waals surface area contributed by atoms with E-state index in [-0.39, 0.29) is 5.50 Å². The minimum Gasteiger partial charge on any atom is -0.252 e. The molecule has 12 heavy (non-hydrogen) atoms. The third-order valence-electron chi connectivity index (χ3n) is 2.30. The minimum atomic E-state index is 0.214. The van der Waals surface area contributed by atoms with Gasteiger partial charge < -0.3 is 0 Å². The lowest BCUT2D eigenvalue weighted by atomic mass is 10.3.